The number of benzene rings is 2. The predicted molar refractivity (Wildman–Crippen MR) is 125 cm³/mol. The summed E-state index contributed by atoms with van der Waals surface area (Å²) in [7, 11) is 0. The van der Waals surface area contributed by atoms with Gasteiger partial charge in [-0.05, 0) is 31.2 Å². The van der Waals surface area contributed by atoms with E-state index in [1.807, 2.05) is 60.4 Å². The second-order valence-corrected chi connectivity index (χ2v) is 9.49. The molecule has 0 radical (unpaired) electrons. The average Bonchev–Trinajstić information content (AvgIpc) is 3.43. The molecule has 0 atom stereocenters. The number of para-hydroxylation sites is 1. The lowest BCUT2D eigenvalue weighted by atomic mass is 10.2. The van der Waals surface area contributed by atoms with Crippen LogP contribution in [-0.2, 0) is 5.75 Å². The van der Waals surface area contributed by atoms with Crippen LogP contribution in [0, 0.1) is 6.92 Å². The summed E-state index contributed by atoms with van der Waals surface area (Å²) in [5.41, 5.74) is 2.65. The van der Waals surface area contributed by atoms with Gasteiger partial charge in [-0.1, -0.05) is 40.8 Å². The maximum absolute atomic E-state index is 13.3. The van der Waals surface area contributed by atoms with Gasteiger partial charge < -0.3 is 14.3 Å². The molecule has 0 aliphatic carbocycles. The monoisotopic (exact) mass is 450 g/mol. The fourth-order valence-corrected chi connectivity index (χ4v) is 5.61. The number of rotatable bonds is 5. The zero-order valence-electron chi connectivity index (χ0n) is 17.2. The van der Waals surface area contributed by atoms with Crippen LogP contribution < -0.4 is 4.90 Å². The van der Waals surface area contributed by atoms with Gasteiger partial charge in [-0.3, -0.25) is 4.79 Å². The molecule has 0 spiro atoms. The fraction of sp³-hybridized carbons (Fsp3) is 0.261. The Balaban J connectivity index is 1.25. The topological polar surface area (TPSA) is 62.5 Å². The van der Waals surface area contributed by atoms with E-state index in [0.29, 0.717) is 18.8 Å². The molecule has 4 aromatic rings. The van der Waals surface area contributed by atoms with Gasteiger partial charge in [0.25, 0.3) is 5.91 Å². The first-order chi connectivity index (χ1) is 15.2. The highest BCUT2D eigenvalue weighted by Crippen LogP contribution is 2.30. The van der Waals surface area contributed by atoms with Gasteiger partial charge in [0, 0.05) is 37.1 Å². The standard InChI is InChI=1S/C23H22N4O2S2/c1-16-14-17(29-25-16)15-30-20-8-4-2-6-18(20)22(28)26-10-12-27(13-11-26)23-24-19-7-3-5-9-21(19)31-23/h2-9,14H,10-13,15H2,1H3. The van der Waals surface area contributed by atoms with Gasteiger partial charge in [0.1, 0.15) is 5.76 Å². The Morgan fingerprint density at radius 1 is 1.10 bits per heavy atom. The van der Waals surface area contributed by atoms with Crippen LogP contribution in [0.3, 0.4) is 0 Å². The van der Waals surface area contributed by atoms with Crippen molar-refractivity contribution in [3.63, 3.8) is 0 Å². The maximum atomic E-state index is 13.3. The number of hydrogen-bond acceptors (Lipinski definition) is 7. The van der Waals surface area contributed by atoms with E-state index in [9.17, 15) is 4.79 Å². The molecule has 0 saturated carbocycles. The smallest absolute Gasteiger partial charge is 0.255 e. The van der Waals surface area contributed by atoms with Crippen molar-refractivity contribution in [3.8, 4) is 0 Å². The second kappa shape index (κ2) is 8.72. The molecule has 3 heterocycles. The van der Waals surface area contributed by atoms with Gasteiger partial charge >= 0.3 is 0 Å². The average molecular weight is 451 g/mol. The summed E-state index contributed by atoms with van der Waals surface area (Å²) in [6.07, 6.45) is 0. The maximum Gasteiger partial charge on any atom is 0.255 e. The summed E-state index contributed by atoms with van der Waals surface area (Å²) >= 11 is 3.32. The zero-order chi connectivity index (χ0) is 21.2. The Morgan fingerprint density at radius 3 is 2.65 bits per heavy atom. The van der Waals surface area contributed by atoms with Crippen molar-refractivity contribution in [2.24, 2.45) is 0 Å². The molecule has 0 bridgehead atoms. The largest absolute Gasteiger partial charge is 0.360 e. The van der Waals surface area contributed by atoms with Crippen molar-refractivity contribution in [3.05, 3.63) is 71.6 Å². The molecule has 1 amide bonds. The molecule has 1 fully saturated rings. The van der Waals surface area contributed by atoms with Gasteiger partial charge in [-0.2, -0.15) is 0 Å². The Morgan fingerprint density at radius 2 is 1.87 bits per heavy atom. The Labute approximate surface area is 188 Å². The van der Waals surface area contributed by atoms with Gasteiger partial charge in [0.2, 0.25) is 0 Å². The lowest BCUT2D eigenvalue weighted by molar-refractivity contribution is 0.0743. The highest BCUT2D eigenvalue weighted by atomic mass is 32.2. The third-order valence-electron chi connectivity index (χ3n) is 5.28. The number of fused-ring (bicyclic) bond motifs is 1. The molecule has 0 N–H and O–H groups in total. The number of aromatic nitrogens is 2. The van der Waals surface area contributed by atoms with E-state index in [1.54, 1.807) is 23.1 Å². The molecular weight excluding hydrogens is 428 g/mol. The molecule has 8 heteroatoms. The summed E-state index contributed by atoms with van der Waals surface area (Å²) in [5, 5.41) is 4.97. The highest BCUT2D eigenvalue weighted by molar-refractivity contribution is 7.98. The van der Waals surface area contributed by atoms with Gasteiger partial charge in [0.05, 0.1) is 27.2 Å². The van der Waals surface area contributed by atoms with E-state index in [1.165, 1.54) is 4.70 Å². The lowest BCUT2D eigenvalue weighted by Gasteiger charge is -2.34. The van der Waals surface area contributed by atoms with Crippen LogP contribution in [0.25, 0.3) is 10.2 Å². The molecule has 5 rings (SSSR count). The number of thioether (sulfide) groups is 1. The number of nitrogens with zero attached hydrogens (tertiary/aromatic N) is 4. The predicted octanol–water partition coefficient (Wildman–Crippen LogP) is 4.85. The minimum atomic E-state index is 0.0841. The van der Waals surface area contributed by atoms with Crippen molar-refractivity contribution in [1.29, 1.82) is 0 Å². The number of hydrogen-bond donors (Lipinski definition) is 0. The number of amides is 1. The first-order valence-corrected chi connectivity index (χ1v) is 12.0. The first-order valence-electron chi connectivity index (χ1n) is 10.2. The summed E-state index contributed by atoms with van der Waals surface area (Å²) < 4.78 is 6.50. The van der Waals surface area contributed by atoms with Crippen LogP contribution in [0.15, 0.2) is 64.0 Å². The number of anilines is 1. The van der Waals surface area contributed by atoms with Crippen molar-refractivity contribution in [2.45, 2.75) is 17.6 Å². The van der Waals surface area contributed by atoms with E-state index in [2.05, 4.69) is 16.1 Å². The Bertz CT molecular complexity index is 1180. The molecular formula is C23H22N4O2S2. The van der Waals surface area contributed by atoms with E-state index < -0.39 is 0 Å². The van der Waals surface area contributed by atoms with Crippen molar-refractivity contribution in [1.82, 2.24) is 15.0 Å². The molecule has 158 valence electrons. The highest BCUT2D eigenvalue weighted by Gasteiger charge is 2.25. The molecule has 0 unspecified atom stereocenters. The van der Waals surface area contributed by atoms with Crippen LogP contribution in [0.4, 0.5) is 5.13 Å². The third kappa shape index (κ3) is 4.31. The summed E-state index contributed by atoms with van der Waals surface area (Å²) in [6, 6.07) is 17.9. The van der Waals surface area contributed by atoms with Crippen molar-refractivity contribution in [2.75, 3.05) is 31.1 Å². The van der Waals surface area contributed by atoms with Gasteiger partial charge in [0.15, 0.2) is 5.13 Å². The van der Waals surface area contributed by atoms with Gasteiger partial charge in [-0.25, -0.2) is 4.98 Å². The number of piperazine rings is 1. The van der Waals surface area contributed by atoms with Crippen molar-refractivity contribution >= 4 is 44.4 Å². The minimum absolute atomic E-state index is 0.0841. The number of thiazole rings is 1. The lowest BCUT2D eigenvalue weighted by Crippen LogP contribution is -2.48. The number of aryl methyl sites for hydroxylation is 1. The van der Waals surface area contributed by atoms with E-state index in [4.69, 9.17) is 9.51 Å². The first kappa shape index (κ1) is 20.1. The van der Waals surface area contributed by atoms with Gasteiger partial charge in [-0.15, -0.1) is 11.8 Å². The third-order valence-corrected chi connectivity index (χ3v) is 7.48. The summed E-state index contributed by atoms with van der Waals surface area (Å²) in [4.78, 5) is 23.2. The Hall–Kier alpha value is -2.84. The summed E-state index contributed by atoms with van der Waals surface area (Å²) in [6.45, 7) is 4.86. The van der Waals surface area contributed by atoms with E-state index >= 15 is 0 Å². The van der Waals surface area contributed by atoms with Crippen LogP contribution in [0.5, 0.6) is 0 Å². The quantitative estimate of drug-likeness (QED) is 0.405. The molecule has 6 nitrogen and oxygen atoms in total. The molecule has 2 aromatic heterocycles. The summed E-state index contributed by atoms with van der Waals surface area (Å²) in [5.74, 6) is 1.55. The van der Waals surface area contributed by atoms with Crippen LogP contribution >= 0.6 is 23.1 Å². The second-order valence-electron chi connectivity index (χ2n) is 7.46. The fourth-order valence-electron chi connectivity index (χ4n) is 3.67. The van der Waals surface area contributed by atoms with Crippen LogP contribution in [0.1, 0.15) is 21.8 Å². The molecule has 1 aliphatic rings. The molecule has 31 heavy (non-hydrogen) atoms. The van der Waals surface area contributed by atoms with E-state index in [-0.39, 0.29) is 5.91 Å². The molecule has 2 aromatic carbocycles. The van der Waals surface area contributed by atoms with Crippen molar-refractivity contribution < 1.29 is 9.32 Å². The molecule has 1 saturated heterocycles. The van der Waals surface area contributed by atoms with Crippen LogP contribution in [0.2, 0.25) is 0 Å². The SMILES string of the molecule is Cc1cc(CSc2ccccc2C(=O)N2CCN(c3nc4ccccc4s3)CC2)on1. The zero-order valence-corrected chi connectivity index (χ0v) is 18.8. The number of carbonyl (C=O) groups excluding carboxylic acids is 1. The number of carbonyl (C=O) groups is 1. The van der Waals surface area contributed by atoms with E-state index in [0.717, 1.165) is 45.7 Å². The normalized spacial score (nSPS) is 14.4. The molecule has 1 aliphatic heterocycles. The van der Waals surface area contributed by atoms with Crippen LogP contribution in [-0.4, -0.2) is 47.1 Å². The minimum Gasteiger partial charge on any atom is -0.360 e. The Kier molecular flexibility index (Phi) is 5.65.